The van der Waals surface area contributed by atoms with Crippen molar-refractivity contribution >= 4 is 11.6 Å². The van der Waals surface area contributed by atoms with Gasteiger partial charge < -0.3 is 5.11 Å². The van der Waals surface area contributed by atoms with E-state index in [-0.39, 0.29) is 18.2 Å². The first-order valence-corrected chi connectivity index (χ1v) is 8.47. The van der Waals surface area contributed by atoms with Gasteiger partial charge in [0.25, 0.3) is 0 Å². The van der Waals surface area contributed by atoms with E-state index in [2.05, 4.69) is 26.0 Å². The van der Waals surface area contributed by atoms with Crippen molar-refractivity contribution in [2.24, 2.45) is 0 Å². The summed E-state index contributed by atoms with van der Waals surface area (Å²) < 4.78 is 0. The summed E-state index contributed by atoms with van der Waals surface area (Å²) in [4.78, 5) is 23.0. The Hall–Kier alpha value is -2.00. The number of hydrogen-bond acceptors (Lipinski definition) is 3. The molecule has 130 valence electrons. The highest BCUT2D eigenvalue weighted by Gasteiger charge is 2.11. The molecule has 0 aromatic heterocycles. The smallest absolute Gasteiger partial charge is 0.182 e. The third-order valence-electron chi connectivity index (χ3n) is 3.90. The Kier molecular flexibility index (Phi) is 8.95. The van der Waals surface area contributed by atoms with E-state index in [1.54, 1.807) is 0 Å². The second kappa shape index (κ2) is 10.7. The molecular formula is C21H28O3. The van der Waals surface area contributed by atoms with Crippen LogP contribution in [0.15, 0.2) is 58.7 Å². The molecule has 0 saturated carbocycles. The fourth-order valence-corrected chi connectivity index (χ4v) is 2.40. The summed E-state index contributed by atoms with van der Waals surface area (Å²) in [6.07, 6.45) is 14.5. The number of rotatable bonds is 9. The highest BCUT2D eigenvalue weighted by molar-refractivity contribution is 6.17. The van der Waals surface area contributed by atoms with Crippen molar-refractivity contribution < 1.29 is 14.7 Å². The lowest BCUT2D eigenvalue weighted by Crippen LogP contribution is -2.06. The molecule has 3 heteroatoms. The van der Waals surface area contributed by atoms with E-state index in [0.29, 0.717) is 12.0 Å². The van der Waals surface area contributed by atoms with Gasteiger partial charge in [-0.2, -0.15) is 0 Å². The van der Waals surface area contributed by atoms with Crippen molar-refractivity contribution in [3.63, 3.8) is 0 Å². The summed E-state index contributed by atoms with van der Waals surface area (Å²) in [5.41, 5.74) is 4.10. The number of hydrogen-bond donors (Lipinski definition) is 1. The van der Waals surface area contributed by atoms with Crippen molar-refractivity contribution in [3.8, 4) is 0 Å². The number of carbonyl (C=O) groups is 2. The zero-order valence-corrected chi connectivity index (χ0v) is 15.0. The van der Waals surface area contributed by atoms with Gasteiger partial charge >= 0.3 is 0 Å². The molecule has 0 spiro atoms. The van der Waals surface area contributed by atoms with Crippen LogP contribution in [0.1, 0.15) is 52.9 Å². The first-order valence-electron chi connectivity index (χ1n) is 8.47. The Labute approximate surface area is 145 Å². The van der Waals surface area contributed by atoms with Crippen molar-refractivity contribution in [1.29, 1.82) is 0 Å². The van der Waals surface area contributed by atoms with Gasteiger partial charge in [-0.3, -0.25) is 9.59 Å². The molecule has 0 aromatic carbocycles. The van der Waals surface area contributed by atoms with E-state index >= 15 is 0 Å². The maximum absolute atomic E-state index is 11.7. The Morgan fingerprint density at radius 1 is 1.00 bits per heavy atom. The van der Waals surface area contributed by atoms with E-state index in [9.17, 15) is 14.7 Å². The second-order valence-electron chi connectivity index (χ2n) is 6.40. The molecule has 3 nitrogen and oxygen atoms in total. The predicted octanol–water partition coefficient (Wildman–Crippen LogP) is 4.40. The lowest BCUT2D eigenvalue weighted by molar-refractivity contribution is -0.114. The van der Waals surface area contributed by atoms with E-state index in [4.69, 9.17) is 0 Å². The number of carbonyl (C=O) groups excluding carboxylic acids is 2. The summed E-state index contributed by atoms with van der Waals surface area (Å²) >= 11 is 0. The summed E-state index contributed by atoms with van der Waals surface area (Å²) in [6.45, 7) is 6.29. The number of aliphatic hydroxyl groups excluding tert-OH is 1. The molecule has 0 saturated heterocycles. The van der Waals surface area contributed by atoms with Crippen LogP contribution in [0, 0.1) is 0 Å². The van der Waals surface area contributed by atoms with Crippen LogP contribution in [0.4, 0.5) is 0 Å². The summed E-state index contributed by atoms with van der Waals surface area (Å²) in [5, 5.41) is 9.40. The molecule has 1 aliphatic rings. The van der Waals surface area contributed by atoms with Gasteiger partial charge in [-0.15, -0.1) is 0 Å². The zero-order chi connectivity index (χ0) is 17.9. The molecule has 0 heterocycles. The first-order chi connectivity index (χ1) is 11.4. The van der Waals surface area contributed by atoms with E-state index < -0.39 is 0 Å². The van der Waals surface area contributed by atoms with Gasteiger partial charge in [-0.25, -0.2) is 0 Å². The third kappa shape index (κ3) is 8.02. The summed E-state index contributed by atoms with van der Waals surface area (Å²) in [7, 11) is 0. The number of allylic oxidation sites excluding steroid dienone is 9. The lowest BCUT2D eigenvalue weighted by atomic mass is 9.98. The van der Waals surface area contributed by atoms with Crippen LogP contribution >= 0.6 is 0 Å². The zero-order valence-electron chi connectivity index (χ0n) is 15.0. The number of ketones is 2. The Morgan fingerprint density at radius 3 is 2.38 bits per heavy atom. The summed E-state index contributed by atoms with van der Waals surface area (Å²) in [5.74, 6) is -0.206. The lowest BCUT2D eigenvalue weighted by Gasteiger charge is -2.06. The SMILES string of the molecule is CC(C)=CCCC(=CCCC(C)=CCC1=CC(=O)C=CC1=O)CO. The first kappa shape index (κ1) is 20.0. The molecule has 0 unspecified atom stereocenters. The van der Waals surface area contributed by atoms with Crippen LogP contribution in [0.3, 0.4) is 0 Å². The van der Waals surface area contributed by atoms with E-state index in [1.165, 1.54) is 29.4 Å². The molecule has 0 aromatic rings. The molecule has 1 aliphatic carbocycles. The van der Waals surface area contributed by atoms with Gasteiger partial charge in [0.2, 0.25) is 0 Å². The predicted molar refractivity (Wildman–Crippen MR) is 98.7 cm³/mol. The van der Waals surface area contributed by atoms with Crippen LogP contribution in [0.25, 0.3) is 0 Å². The van der Waals surface area contributed by atoms with Crippen LogP contribution in [0.2, 0.25) is 0 Å². The molecule has 0 atom stereocenters. The molecule has 1 rings (SSSR count). The molecule has 1 N–H and O–H groups in total. The molecule has 0 radical (unpaired) electrons. The van der Waals surface area contributed by atoms with Crippen LogP contribution in [-0.4, -0.2) is 23.3 Å². The fourth-order valence-electron chi connectivity index (χ4n) is 2.40. The average Bonchev–Trinajstić information content (AvgIpc) is 2.54. The van der Waals surface area contributed by atoms with Crippen LogP contribution in [0.5, 0.6) is 0 Å². The van der Waals surface area contributed by atoms with Gasteiger partial charge in [-0.1, -0.05) is 29.4 Å². The third-order valence-corrected chi connectivity index (χ3v) is 3.90. The normalized spacial score (nSPS) is 15.6. The molecule has 0 amide bonds. The van der Waals surface area contributed by atoms with Crippen molar-refractivity contribution in [2.75, 3.05) is 6.61 Å². The van der Waals surface area contributed by atoms with Crippen molar-refractivity contribution in [1.82, 2.24) is 0 Å². The number of aliphatic hydroxyl groups is 1. The second-order valence-corrected chi connectivity index (χ2v) is 6.40. The Balaban J connectivity index is 2.45. The standard InChI is InChI=1S/C21H28O3/c1-16(2)6-4-8-18(15-22)9-5-7-17(3)10-11-19-14-20(23)12-13-21(19)24/h6,9-10,12-14,22H,4-5,7-8,11,15H2,1-3H3. The minimum absolute atomic E-state index is 0.0830. The van der Waals surface area contributed by atoms with Gasteiger partial charge in [0.15, 0.2) is 11.6 Å². The quantitative estimate of drug-likeness (QED) is 0.504. The van der Waals surface area contributed by atoms with Gasteiger partial charge in [0.05, 0.1) is 6.61 Å². The molecule has 0 aliphatic heterocycles. The largest absolute Gasteiger partial charge is 0.392 e. The molecule has 24 heavy (non-hydrogen) atoms. The van der Waals surface area contributed by atoms with Gasteiger partial charge in [0.1, 0.15) is 0 Å². The maximum Gasteiger partial charge on any atom is 0.182 e. The highest BCUT2D eigenvalue weighted by Crippen LogP contribution is 2.15. The van der Waals surface area contributed by atoms with E-state index in [1.807, 2.05) is 13.0 Å². The maximum atomic E-state index is 11.7. The molecule has 0 bridgehead atoms. The average molecular weight is 328 g/mol. The van der Waals surface area contributed by atoms with Gasteiger partial charge in [0, 0.05) is 5.57 Å². The highest BCUT2D eigenvalue weighted by atomic mass is 16.3. The minimum Gasteiger partial charge on any atom is -0.392 e. The fraction of sp³-hybridized carbons (Fsp3) is 0.429. The Morgan fingerprint density at radius 2 is 1.71 bits per heavy atom. The van der Waals surface area contributed by atoms with Crippen molar-refractivity contribution in [2.45, 2.75) is 52.9 Å². The van der Waals surface area contributed by atoms with Crippen LogP contribution < -0.4 is 0 Å². The monoisotopic (exact) mass is 328 g/mol. The van der Waals surface area contributed by atoms with Crippen molar-refractivity contribution in [3.05, 3.63) is 58.7 Å². The molecular weight excluding hydrogens is 300 g/mol. The summed E-state index contributed by atoms with van der Waals surface area (Å²) in [6, 6.07) is 0. The molecule has 0 fully saturated rings. The Bertz CT molecular complexity index is 609. The minimum atomic E-state index is -0.123. The topological polar surface area (TPSA) is 54.4 Å². The van der Waals surface area contributed by atoms with Gasteiger partial charge in [-0.05, 0) is 76.7 Å². The van der Waals surface area contributed by atoms with E-state index in [0.717, 1.165) is 31.3 Å². The van der Waals surface area contributed by atoms with Crippen LogP contribution in [-0.2, 0) is 9.59 Å².